The van der Waals surface area contributed by atoms with Crippen molar-refractivity contribution in [1.82, 2.24) is 5.01 Å². The van der Waals surface area contributed by atoms with Crippen LogP contribution in [-0.4, -0.2) is 23.0 Å². The Hall–Kier alpha value is -1.96. The molecule has 1 saturated heterocycles. The van der Waals surface area contributed by atoms with Crippen molar-refractivity contribution in [3.8, 4) is 5.75 Å². The maximum atomic E-state index is 12.9. The van der Waals surface area contributed by atoms with Gasteiger partial charge in [0.15, 0.2) is 0 Å². The van der Waals surface area contributed by atoms with Gasteiger partial charge in [-0.3, -0.25) is 9.59 Å². The Kier molecular flexibility index (Phi) is 5.99. The van der Waals surface area contributed by atoms with Crippen LogP contribution >= 0.6 is 43.5 Å². The average molecular weight is 579 g/mol. The van der Waals surface area contributed by atoms with Crippen molar-refractivity contribution < 1.29 is 14.3 Å². The maximum Gasteiger partial charge on any atom is 0.254 e. The molecule has 0 aromatic heterocycles. The molecule has 2 aromatic rings. The minimum atomic E-state index is -0.259. The summed E-state index contributed by atoms with van der Waals surface area (Å²) >= 11 is 13.0. The van der Waals surface area contributed by atoms with Gasteiger partial charge < -0.3 is 4.74 Å². The highest BCUT2D eigenvalue weighted by molar-refractivity contribution is 9.11. The van der Waals surface area contributed by atoms with Crippen LogP contribution in [0.4, 0.5) is 0 Å². The van der Waals surface area contributed by atoms with Crippen molar-refractivity contribution in [3.05, 3.63) is 73.6 Å². The fraction of sp³-hybridized carbons (Fsp3) is 0.292. The van der Waals surface area contributed by atoms with Crippen LogP contribution in [0.5, 0.6) is 5.75 Å². The van der Waals surface area contributed by atoms with Crippen LogP contribution in [-0.2, 0) is 16.2 Å². The van der Waals surface area contributed by atoms with Crippen LogP contribution in [0.3, 0.4) is 0 Å². The summed E-state index contributed by atoms with van der Waals surface area (Å²) in [5.74, 6) is 0.0758. The number of hydrazone groups is 1. The molecule has 6 rings (SSSR count). The number of imide groups is 1. The van der Waals surface area contributed by atoms with E-state index < -0.39 is 0 Å². The Labute approximate surface area is 207 Å². The molecule has 0 spiro atoms. The molecular formula is C24H19Br2ClN2O3. The van der Waals surface area contributed by atoms with E-state index in [1.165, 1.54) is 0 Å². The number of ether oxygens (including phenoxy) is 1. The third kappa shape index (κ3) is 3.95. The van der Waals surface area contributed by atoms with Gasteiger partial charge in [0.1, 0.15) is 12.4 Å². The number of carbonyl (C=O) groups excluding carboxylic acids is 2. The average Bonchev–Trinajstić information content (AvgIpc) is 3.06. The molecule has 1 saturated carbocycles. The molecular weight excluding hydrogens is 560 g/mol. The standard InChI is InChI=1S/C24H19Br2ClN2O3/c25-18-9-14(10-19(26)22(18)32-12-13-1-7-17(27)8-2-13)11-28-29-23(30)20-15-3-4-16(6-5-15)21(20)24(29)31/h1-4,7-11,15-16,20-21H,5-6,12H2/b28-11-/t15-,16-,20-,21-/m0/s1. The Morgan fingerprint density at radius 1 is 1.00 bits per heavy atom. The number of rotatable bonds is 5. The topological polar surface area (TPSA) is 59.0 Å². The van der Waals surface area contributed by atoms with Gasteiger partial charge in [-0.2, -0.15) is 10.1 Å². The second-order valence-electron chi connectivity index (χ2n) is 8.30. The molecule has 5 nitrogen and oxygen atoms in total. The first-order valence-corrected chi connectivity index (χ1v) is 12.3. The molecule has 3 aliphatic carbocycles. The SMILES string of the molecule is O=C1[C@@H]2[C@@H](C(=O)N1/N=C\c1cc(Br)c(OCc3ccc(Cl)cc3)c(Br)c1)[C@H]1C=C[C@H]2CC1. The number of fused-ring (bicyclic) bond motifs is 1. The quantitative estimate of drug-likeness (QED) is 0.249. The third-order valence-electron chi connectivity index (χ3n) is 6.38. The van der Waals surface area contributed by atoms with E-state index in [0.717, 1.165) is 37.9 Å². The summed E-state index contributed by atoms with van der Waals surface area (Å²) in [5.41, 5.74) is 1.73. The molecule has 2 aromatic carbocycles. The molecule has 1 heterocycles. The van der Waals surface area contributed by atoms with E-state index in [1.807, 2.05) is 36.4 Å². The predicted molar refractivity (Wildman–Crippen MR) is 129 cm³/mol. The minimum absolute atomic E-state index is 0.155. The molecule has 0 unspecified atom stereocenters. The highest BCUT2D eigenvalue weighted by Crippen LogP contribution is 2.49. The largest absolute Gasteiger partial charge is 0.487 e. The number of allylic oxidation sites excluding steroid dienone is 2. The lowest BCUT2D eigenvalue weighted by molar-refractivity contribution is -0.140. The number of carbonyl (C=O) groups is 2. The zero-order valence-corrected chi connectivity index (χ0v) is 20.8. The second kappa shape index (κ2) is 8.76. The Morgan fingerprint density at radius 2 is 1.56 bits per heavy atom. The van der Waals surface area contributed by atoms with E-state index in [-0.39, 0.29) is 35.5 Å². The smallest absolute Gasteiger partial charge is 0.254 e. The van der Waals surface area contributed by atoms with E-state index >= 15 is 0 Å². The molecule has 0 N–H and O–H groups in total. The lowest BCUT2D eigenvalue weighted by Crippen LogP contribution is -2.38. The Bertz CT molecular complexity index is 1090. The summed E-state index contributed by atoms with van der Waals surface area (Å²) in [6.07, 6.45) is 7.68. The van der Waals surface area contributed by atoms with Gasteiger partial charge >= 0.3 is 0 Å². The molecule has 8 heteroatoms. The van der Waals surface area contributed by atoms with Gasteiger partial charge in [0.2, 0.25) is 0 Å². The summed E-state index contributed by atoms with van der Waals surface area (Å²) in [6, 6.07) is 11.2. The maximum absolute atomic E-state index is 12.9. The monoisotopic (exact) mass is 576 g/mol. The van der Waals surface area contributed by atoms with E-state index in [1.54, 1.807) is 6.21 Å². The summed E-state index contributed by atoms with van der Waals surface area (Å²) in [5, 5.41) is 6.02. The highest BCUT2D eigenvalue weighted by Gasteiger charge is 2.56. The van der Waals surface area contributed by atoms with Crippen LogP contribution in [0.2, 0.25) is 5.02 Å². The molecule has 1 aliphatic heterocycles. The number of nitrogens with zero attached hydrogens (tertiary/aromatic N) is 2. The zero-order valence-electron chi connectivity index (χ0n) is 16.9. The zero-order chi connectivity index (χ0) is 22.4. The lowest BCUT2D eigenvalue weighted by Gasteiger charge is -2.37. The van der Waals surface area contributed by atoms with Crippen molar-refractivity contribution in [2.75, 3.05) is 0 Å². The number of hydrogen-bond donors (Lipinski definition) is 0. The predicted octanol–water partition coefficient (Wildman–Crippen LogP) is 5.98. The van der Waals surface area contributed by atoms with Crippen LogP contribution in [0, 0.1) is 23.7 Å². The van der Waals surface area contributed by atoms with Crippen molar-refractivity contribution in [2.24, 2.45) is 28.8 Å². The van der Waals surface area contributed by atoms with Gasteiger partial charge in [-0.15, -0.1) is 0 Å². The van der Waals surface area contributed by atoms with Gasteiger partial charge in [0.05, 0.1) is 27.0 Å². The van der Waals surface area contributed by atoms with Crippen molar-refractivity contribution in [2.45, 2.75) is 19.4 Å². The van der Waals surface area contributed by atoms with Crippen LogP contribution in [0.1, 0.15) is 24.0 Å². The molecule has 2 amide bonds. The summed E-state index contributed by atoms with van der Waals surface area (Å²) < 4.78 is 7.42. The van der Waals surface area contributed by atoms with Gasteiger partial charge in [-0.05, 0) is 91.9 Å². The van der Waals surface area contributed by atoms with Crippen molar-refractivity contribution >= 4 is 61.5 Å². The summed E-state index contributed by atoms with van der Waals surface area (Å²) in [4.78, 5) is 25.8. The number of halogens is 3. The molecule has 4 atom stereocenters. The van der Waals surface area contributed by atoms with E-state index in [2.05, 4.69) is 49.1 Å². The van der Waals surface area contributed by atoms with E-state index in [9.17, 15) is 9.59 Å². The normalized spacial score (nSPS) is 26.3. The molecule has 164 valence electrons. The molecule has 2 bridgehead atoms. The van der Waals surface area contributed by atoms with E-state index in [4.69, 9.17) is 16.3 Å². The fourth-order valence-corrected chi connectivity index (χ4v) is 6.40. The first-order valence-electron chi connectivity index (χ1n) is 10.4. The molecule has 4 aliphatic rings. The van der Waals surface area contributed by atoms with Crippen LogP contribution in [0.25, 0.3) is 0 Å². The molecule has 2 fully saturated rings. The van der Waals surface area contributed by atoms with Crippen LogP contribution in [0.15, 0.2) is 62.6 Å². The van der Waals surface area contributed by atoms with E-state index in [0.29, 0.717) is 17.4 Å². The van der Waals surface area contributed by atoms with Gasteiger partial charge in [-0.25, -0.2) is 0 Å². The summed E-state index contributed by atoms with van der Waals surface area (Å²) in [7, 11) is 0. The fourth-order valence-electron chi connectivity index (χ4n) is 4.82. The van der Waals surface area contributed by atoms with Crippen molar-refractivity contribution in [1.29, 1.82) is 0 Å². The van der Waals surface area contributed by atoms with Gasteiger partial charge in [-0.1, -0.05) is 35.9 Å². The number of benzene rings is 2. The highest BCUT2D eigenvalue weighted by atomic mass is 79.9. The van der Waals surface area contributed by atoms with Gasteiger partial charge in [0, 0.05) is 5.02 Å². The van der Waals surface area contributed by atoms with Crippen molar-refractivity contribution in [3.63, 3.8) is 0 Å². The lowest BCUT2D eigenvalue weighted by atomic mass is 9.63. The third-order valence-corrected chi connectivity index (χ3v) is 7.81. The molecule has 0 radical (unpaired) electrons. The Balaban J connectivity index is 1.31. The van der Waals surface area contributed by atoms with Gasteiger partial charge in [0.25, 0.3) is 11.8 Å². The molecule has 32 heavy (non-hydrogen) atoms. The summed E-state index contributed by atoms with van der Waals surface area (Å²) in [6.45, 7) is 0.387. The second-order valence-corrected chi connectivity index (χ2v) is 10.4. The minimum Gasteiger partial charge on any atom is -0.487 e. The number of hydrogen-bond acceptors (Lipinski definition) is 4. The van der Waals surface area contributed by atoms with Crippen LogP contribution < -0.4 is 4.74 Å². The first kappa shape index (κ1) is 21.9. The Morgan fingerprint density at radius 3 is 2.09 bits per heavy atom. The number of amides is 2. The first-order chi connectivity index (χ1) is 15.4.